The number of fused-ring (bicyclic) bond motifs is 2. The number of piperidine rings is 1. The van der Waals surface area contributed by atoms with Crippen molar-refractivity contribution in [3.05, 3.63) is 46.0 Å². The number of primary amides is 1. The normalized spacial score (nSPS) is 22.5. The molecule has 3 aliphatic rings. The Balaban J connectivity index is 1.74. The Morgan fingerprint density at radius 3 is 2.56 bits per heavy atom. The molecule has 2 N–H and O–H groups in total. The summed E-state index contributed by atoms with van der Waals surface area (Å²) in [5, 5.41) is -0.0943. The summed E-state index contributed by atoms with van der Waals surface area (Å²) in [6, 6.07) is 4.05. The van der Waals surface area contributed by atoms with E-state index in [-0.39, 0.29) is 30.4 Å². The maximum absolute atomic E-state index is 13.4. The first-order chi connectivity index (χ1) is 14.9. The summed E-state index contributed by atoms with van der Waals surface area (Å²) in [6.45, 7) is 2.73. The third-order valence-corrected chi connectivity index (χ3v) is 6.28. The number of amides is 4. The fourth-order valence-electron chi connectivity index (χ4n) is 4.48. The van der Waals surface area contributed by atoms with Crippen LogP contribution >= 0.6 is 11.6 Å². The van der Waals surface area contributed by atoms with Crippen molar-refractivity contribution in [1.82, 2.24) is 14.7 Å². The van der Waals surface area contributed by atoms with Crippen LogP contribution in [-0.4, -0.2) is 62.7 Å². The van der Waals surface area contributed by atoms with Gasteiger partial charge in [-0.2, -0.15) is 0 Å². The van der Waals surface area contributed by atoms with Gasteiger partial charge in [-0.25, -0.2) is 4.39 Å². The van der Waals surface area contributed by atoms with Gasteiger partial charge in [0.25, 0.3) is 11.8 Å². The number of hydrogen-bond acceptors (Lipinski definition) is 5. The molecule has 0 saturated carbocycles. The highest BCUT2D eigenvalue weighted by molar-refractivity contribution is 6.43. The summed E-state index contributed by atoms with van der Waals surface area (Å²) in [6.07, 6.45) is 0.203. The number of nitrogens with zero attached hydrogens (tertiary/aromatic N) is 3. The van der Waals surface area contributed by atoms with Crippen molar-refractivity contribution in [2.24, 2.45) is 11.7 Å². The zero-order valence-corrected chi connectivity index (χ0v) is 18.1. The Morgan fingerprint density at radius 2 is 1.94 bits per heavy atom. The number of likely N-dealkylation sites (tertiary alicyclic amines) is 1. The molecule has 0 radical (unpaired) electrons. The van der Waals surface area contributed by atoms with E-state index in [1.807, 2.05) is 0 Å². The minimum atomic E-state index is -1.40. The van der Waals surface area contributed by atoms with Gasteiger partial charge in [-0.05, 0) is 43.5 Å². The minimum Gasteiger partial charge on any atom is -0.368 e. The van der Waals surface area contributed by atoms with Crippen molar-refractivity contribution < 1.29 is 28.4 Å². The zero-order valence-electron chi connectivity index (χ0n) is 17.4. The van der Waals surface area contributed by atoms with Crippen LogP contribution in [-0.2, 0) is 30.5 Å². The molecule has 168 valence electrons. The molecule has 0 aromatic heterocycles. The highest BCUT2D eigenvalue weighted by Gasteiger charge is 2.60. The van der Waals surface area contributed by atoms with Crippen LogP contribution in [0.2, 0.25) is 5.02 Å². The average Bonchev–Trinajstić information content (AvgIpc) is 2.90. The van der Waals surface area contributed by atoms with E-state index in [0.717, 1.165) is 9.80 Å². The van der Waals surface area contributed by atoms with Crippen LogP contribution in [0.1, 0.15) is 25.8 Å². The van der Waals surface area contributed by atoms with E-state index in [2.05, 4.69) is 0 Å². The van der Waals surface area contributed by atoms with Crippen molar-refractivity contribution >= 4 is 41.0 Å². The number of ketones is 1. The van der Waals surface area contributed by atoms with Crippen molar-refractivity contribution in [2.45, 2.75) is 32.4 Å². The standard InChI is InChI=1S/C21H20ClFN4O5/c1-21(2)20(32)26(9-14(24)28)17-11-5-6-25(8-10-3-4-13(23)12(22)7-10)18(30)15(11)16(29)19(31)27(17)21/h3-4,7,15H,5-6,8-9H2,1-2H3,(H2,24,28). The van der Waals surface area contributed by atoms with E-state index in [0.29, 0.717) is 11.1 Å². The molecule has 2 saturated heterocycles. The molecule has 2 fully saturated rings. The third-order valence-electron chi connectivity index (χ3n) is 5.99. The predicted molar refractivity (Wildman–Crippen MR) is 109 cm³/mol. The average molecular weight is 463 g/mol. The summed E-state index contributed by atoms with van der Waals surface area (Å²) in [4.78, 5) is 67.2. The first-order valence-corrected chi connectivity index (χ1v) is 10.3. The number of benzene rings is 1. The van der Waals surface area contributed by atoms with Gasteiger partial charge in [0.15, 0.2) is 0 Å². The fraction of sp³-hybridized carbons (Fsp3) is 0.381. The molecule has 1 atom stereocenters. The monoisotopic (exact) mass is 462 g/mol. The van der Waals surface area contributed by atoms with Gasteiger partial charge >= 0.3 is 0 Å². The summed E-state index contributed by atoms with van der Waals surface area (Å²) in [5.74, 6) is -5.77. The summed E-state index contributed by atoms with van der Waals surface area (Å²) in [5.41, 5.74) is 4.77. The highest BCUT2D eigenvalue weighted by Crippen LogP contribution is 2.43. The van der Waals surface area contributed by atoms with E-state index < -0.39 is 53.2 Å². The van der Waals surface area contributed by atoms with Crippen LogP contribution in [0.4, 0.5) is 4.39 Å². The second-order valence-electron chi connectivity index (χ2n) is 8.46. The first-order valence-electron chi connectivity index (χ1n) is 9.89. The zero-order chi connectivity index (χ0) is 23.5. The molecule has 11 heteroatoms. The van der Waals surface area contributed by atoms with Crippen LogP contribution in [0.25, 0.3) is 0 Å². The van der Waals surface area contributed by atoms with Gasteiger partial charge in [0.1, 0.15) is 29.6 Å². The van der Waals surface area contributed by atoms with E-state index in [1.165, 1.54) is 36.9 Å². The largest absolute Gasteiger partial charge is 0.368 e. The molecule has 9 nitrogen and oxygen atoms in total. The van der Waals surface area contributed by atoms with Crippen LogP contribution in [0.3, 0.4) is 0 Å². The fourth-order valence-corrected chi connectivity index (χ4v) is 4.68. The SMILES string of the molecule is CC1(C)C(=O)N(CC(N)=O)C2=C3CCN(Cc4ccc(F)c(Cl)c4)C(=O)C3C(=O)C(=O)N21. The topological polar surface area (TPSA) is 121 Å². The molecular formula is C21H20ClFN4O5. The van der Waals surface area contributed by atoms with Crippen molar-refractivity contribution in [2.75, 3.05) is 13.1 Å². The number of hydrogen-bond donors (Lipinski definition) is 1. The lowest BCUT2D eigenvalue weighted by Crippen LogP contribution is -2.57. The molecule has 32 heavy (non-hydrogen) atoms. The Hall–Kier alpha value is -3.27. The van der Waals surface area contributed by atoms with Gasteiger partial charge in [-0.15, -0.1) is 0 Å². The molecule has 4 rings (SSSR count). The molecule has 1 unspecified atom stereocenters. The van der Waals surface area contributed by atoms with Crippen LogP contribution in [0.15, 0.2) is 29.6 Å². The van der Waals surface area contributed by atoms with Gasteiger partial charge in [-0.3, -0.25) is 33.8 Å². The summed E-state index contributed by atoms with van der Waals surface area (Å²) in [7, 11) is 0. The molecule has 0 aliphatic carbocycles. The Kier molecular flexibility index (Phi) is 5.08. The first kappa shape index (κ1) is 21.9. The summed E-state index contributed by atoms with van der Waals surface area (Å²) >= 11 is 5.81. The molecule has 1 aromatic carbocycles. The van der Waals surface area contributed by atoms with Crippen molar-refractivity contribution in [3.8, 4) is 0 Å². The quantitative estimate of drug-likeness (QED) is 0.517. The Labute approximate surface area is 187 Å². The van der Waals surface area contributed by atoms with Crippen LogP contribution in [0, 0.1) is 11.7 Å². The van der Waals surface area contributed by atoms with Crippen molar-refractivity contribution in [3.63, 3.8) is 0 Å². The van der Waals surface area contributed by atoms with Gasteiger partial charge < -0.3 is 10.6 Å². The third kappa shape index (κ3) is 3.17. The predicted octanol–water partition coefficient (Wildman–Crippen LogP) is 0.557. The van der Waals surface area contributed by atoms with Crippen molar-refractivity contribution in [1.29, 1.82) is 0 Å². The molecule has 3 heterocycles. The lowest BCUT2D eigenvalue weighted by molar-refractivity contribution is -0.154. The summed E-state index contributed by atoms with van der Waals surface area (Å²) < 4.78 is 13.4. The Morgan fingerprint density at radius 1 is 1.25 bits per heavy atom. The molecule has 1 aromatic rings. The number of halogens is 2. The van der Waals surface area contributed by atoms with Crippen LogP contribution in [0.5, 0.6) is 0 Å². The number of carbonyl (C=O) groups is 5. The lowest BCUT2D eigenvalue weighted by Gasteiger charge is -2.40. The second-order valence-corrected chi connectivity index (χ2v) is 8.87. The van der Waals surface area contributed by atoms with Gasteiger partial charge in [0, 0.05) is 13.1 Å². The Bertz CT molecular complexity index is 1130. The molecule has 0 spiro atoms. The van der Waals surface area contributed by atoms with Gasteiger partial charge in [0.2, 0.25) is 17.6 Å². The second kappa shape index (κ2) is 7.40. The van der Waals surface area contributed by atoms with E-state index in [4.69, 9.17) is 17.3 Å². The van der Waals surface area contributed by atoms with E-state index in [1.54, 1.807) is 0 Å². The number of Topliss-reactive ketones (excluding diaryl/α,β-unsaturated/α-hetero) is 1. The maximum atomic E-state index is 13.4. The van der Waals surface area contributed by atoms with E-state index in [9.17, 15) is 28.4 Å². The minimum absolute atomic E-state index is 0.0680. The molecular weight excluding hydrogens is 443 g/mol. The molecule has 0 bridgehead atoms. The van der Waals surface area contributed by atoms with Crippen LogP contribution < -0.4 is 5.73 Å². The van der Waals surface area contributed by atoms with Gasteiger partial charge in [0.05, 0.1) is 5.02 Å². The van der Waals surface area contributed by atoms with Gasteiger partial charge in [-0.1, -0.05) is 17.7 Å². The molecule has 3 aliphatic heterocycles. The number of carbonyl (C=O) groups excluding carboxylic acids is 5. The maximum Gasteiger partial charge on any atom is 0.297 e. The number of rotatable bonds is 4. The highest BCUT2D eigenvalue weighted by atomic mass is 35.5. The van der Waals surface area contributed by atoms with E-state index >= 15 is 0 Å². The lowest BCUT2D eigenvalue weighted by atomic mass is 9.83. The number of nitrogens with two attached hydrogens (primary N) is 1. The smallest absolute Gasteiger partial charge is 0.297 e. The molecule has 4 amide bonds.